The predicted molar refractivity (Wildman–Crippen MR) is 111 cm³/mol. The molecule has 0 aromatic heterocycles. The van der Waals surface area contributed by atoms with Crippen LogP contribution in [0.5, 0.6) is 5.75 Å². The molecule has 0 aliphatic rings. The second-order valence-electron chi connectivity index (χ2n) is 6.67. The van der Waals surface area contributed by atoms with Crippen molar-refractivity contribution >= 4 is 11.6 Å². The van der Waals surface area contributed by atoms with Crippen molar-refractivity contribution in [2.24, 2.45) is 5.92 Å². The molecule has 0 fully saturated rings. The topological polar surface area (TPSA) is 38.3 Å². The molecular weight excluding hydrogens is 334 g/mol. The number of carbonyl (C=O) groups excluding carboxylic acids is 1. The van der Waals surface area contributed by atoms with Crippen LogP contribution in [0.3, 0.4) is 0 Å². The zero-order chi connectivity index (χ0) is 19.1. The lowest BCUT2D eigenvalue weighted by Crippen LogP contribution is -2.19. The monoisotopic (exact) mass is 359 g/mol. The highest BCUT2D eigenvalue weighted by molar-refractivity contribution is 5.92. The van der Waals surface area contributed by atoms with E-state index in [9.17, 15) is 4.79 Å². The first kappa shape index (κ1) is 18.7. The lowest BCUT2D eigenvalue weighted by Gasteiger charge is -2.11. The van der Waals surface area contributed by atoms with Crippen LogP contribution in [0.1, 0.15) is 25.8 Å². The van der Waals surface area contributed by atoms with E-state index in [1.165, 1.54) is 11.1 Å². The van der Waals surface area contributed by atoms with Crippen molar-refractivity contribution < 1.29 is 9.53 Å². The van der Waals surface area contributed by atoms with Crippen LogP contribution in [0, 0.1) is 5.92 Å². The fourth-order valence-electron chi connectivity index (χ4n) is 2.68. The lowest BCUT2D eigenvalue weighted by molar-refractivity contribution is -0.119. The van der Waals surface area contributed by atoms with E-state index in [0.717, 1.165) is 23.4 Å². The van der Waals surface area contributed by atoms with Gasteiger partial charge in [-0.3, -0.25) is 4.79 Å². The van der Waals surface area contributed by atoms with Crippen LogP contribution in [0.15, 0.2) is 78.9 Å². The van der Waals surface area contributed by atoms with E-state index < -0.39 is 0 Å². The highest BCUT2D eigenvalue weighted by Gasteiger charge is 2.10. The van der Waals surface area contributed by atoms with E-state index in [1.54, 1.807) is 0 Å². The van der Waals surface area contributed by atoms with Crippen LogP contribution >= 0.6 is 0 Å². The van der Waals surface area contributed by atoms with Crippen LogP contribution in [-0.4, -0.2) is 5.91 Å². The molecule has 0 bridgehead atoms. The highest BCUT2D eigenvalue weighted by Crippen LogP contribution is 2.22. The Bertz CT molecular complexity index is 855. The molecular formula is C24H25NO2. The summed E-state index contributed by atoms with van der Waals surface area (Å²) in [5, 5.41) is 2.94. The molecule has 3 aromatic carbocycles. The Morgan fingerprint density at radius 1 is 0.889 bits per heavy atom. The van der Waals surface area contributed by atoms with Crippen LogP contribution in [0.25, 0.3) is 11.1 Å². The molecule has 0 saturated carbocycles. The van der Waals surface area contributed by atoms with E-state index >= 15 is 0 Å². The van der Waals surface area contributed by atoms with Crippen LogP contribution < -0.4 is 10.1 Å². The number of nitrogens with one attached hydrogen (secondary N) is 1. The minimum atomic E-state index is 0.0202. The van der Waals surface area contributed by atoms with Gasteiger partial charge in [-0.25, -0.2) is 0 Å². The maximum Gasteiger partial charge on any atom is 0.227 e. The molecule has 1 atom stereocenters. The third-order valence-corrected chi connectivity index (χ3v) is 4.65. The number of anilines is 1. The summed E-state index contributed by atoms with van der Waals surface area (Å²) < 4.78 is 5.87. The number of benzene rings is 3. The molecule has 3 aromatic rings. The number of hydrogen-bond donors (Lipinski definition) is 1. The Morgan fingerprint density at radius 3 is 2.15 bits per heavy atom. The summed E-state index contributed by atoms with van der Waals surface area (Å²) in [7, 11) is 0. The molecule has 0 radical (unpaired) electrons. The molecule has 3 heteroatoms. The zero-order valence-corrected chi connectivity index (χ0v) is 15.8. The average Bonchev–Trinajstić information content (AvgIpc) is 2.73. The summed E-state index contributed by atoms with van der Waals surface area (Å²) in [5.74, 6) is 0.913. The average molecular weight is 359 g/mol. The first-order valence-electron chi connectivity index (χ1n) is 9.34. The van der Waals surface area contributed by atoms with E-state index in [-0.39, 0.29) is 11.8 Å². The number of ether oxygens (including phenoxy) is 1. The molecule has 1 amide bonds. The number of carbonyl (C=O) groups is 1. The van der Waals surface area contributed by atoms with Gasteiger partial charge >= 0.3 is 0 Å². The summed E-state index contributed by atoms with van der Waals surface area (Å²) in [6.45, 7) is 4.43. The van der Waals surface area contributed by atoms with Gasteiger partial charge in [0.15, 0.2) is 0 Å². The summed E-state index contributed by atoms with van der Waals surface area (Å²) in [6.07, 6.45) is 0.834. The Morgan fingerprint density at radius 2 is 1.52 bits per heavy atom. The molecule has 0 aliphatic carbocycles. The Kier molecular flexibility index (Phi) is 6.26. The molecule has 0 saturated heterocycles. The largest absolute Gasteiger partial charge is 0.489 e. The molecule has 0 aliphatic heterocycles. The molecule has 1 N–H and O–H groups in total. The van der Waals surface area contributed by atoms with Gasteiger partial charge in [0.05, 0.1) is 0 Å². The summed E-state index contributed by atoms with van der Waals surface area (Å²) in [6, 6.07) is 26.2. The zero-order valence-electron chi connectivity index (χ0n) is 15.8. The Hall–Kier alpha value is -3.07. The smallest absolute Gasteiger partial charge is 0.227 e. The molecule has 0 spiro atoms. The van der Waals surface area contributed by atoms with Gasteiger partial charge in [-0.05, 0) is 47.4 Å². The highest BCUT2D eigenvalue weighted by atomic mass is 16.5. The van der Waals surface area contributed by atoms with Crippen molar-refractivity contribution in [2.45, 2.75) is 26.9 Å². The minimum Gasteiger partial charge on any atom is -0.489 e. The van der Waals surface area contributed by atoms with Crippen molar-refractivity contribution in [1.82, 2.24) is 0 Å². The van der Waals surface area contributed by atoms with Crippen LogP contribution in [-0.2, 0) is 11.4 Å². The predicted octanol–water partition coefficient (Wildman–Crippen LogP) is 5.92. The van der Waals surface area contributed by atoms with Gasteiger partial charge in [-0.15, -0.1) is 0 Å². The number of hydrogen-bond acceptors (Lipinski definition) is 2. The van der Waals surface area contributed by atoms with E-state index in [4.69, 9.17) is 4.74 Å². The van der Waals surface area contributed by atoms with Gasteiger partial charge in [0.2, 0.25) is 5.91 Å². The summed E-state index contributed by atoms with van der Waals surface area (Å²) >= 11 is 0. The van der Waals surface area contributed by atoms with Crippen molar-refractivity contribution in [3.8, 4) is 16.9 Å². The van der Waals surface area contributed by atoms with Gasteiger partial charge < -0.3 is 10.1 Å². The van der Waals surface area contributed by atoms with Gasteiger partial charge in [0, 0.05) is 11.6 Å². The second kappa shape index (κ2) is 9.04. The molecule has 0 heterocycles. The van der Waals surface area contributed by atoms with Crippen molar-refractivity contribution in [2.75, 3.05) is 5.32 Å². The molecule has 1 unspecified atom stereocenters. The molecule has 3 rings (SSSR count). The third-order valence-electron chi connectivity index (χ3n) is 4.65. The van der Waals surface area contributed by atoms with Gasteiger partial charge in [0.25, 0.3) is 0 Å². The summed E-state index contributed by atoms with van der Waals surface area (Å²) in [5.41, 5.74) is 4.24. The van der Waals surface area contributed by atoms with E-state index in [1.807, 2.05) is 68.4 Å². The lowest BCUT2D eigenvalue weighted by atomic mass is 10.1. The van der Waals surface area contributed by atoms with Crippen LogP contribution in [0.4, 0.5) is 5.69 Å². The fourth-order valence-corrected chi connectivity index (χ4v) is 2.68. The normalized spacial score (nSPS) is 11.6. The second-order valence-corrected chi connectivity index (χ2v) is 6.67. The summed E-state index contributed by atoms with van der Waals surface area (Å²) in [4.78, 5) is 11.9. The molecule has 27 heavy (non-hydrogen) atoms. The number of rotatable bonds is 7. The van der Waals surface area contributed by atoms with Gasteiger partial charge in [-0.2, -0.15) is 0 Å². The maximum absolute atomic E-state index is 11.9. The standard InChI is InChI=1S/C24H25NO2/c1-3-18(2)24(26)25-22-13-9-19(10-14-22)17-27-23-15-11-21(12-16-23)20-7-5-4-6-8-20/h4-16,18H,3,17H2,1-2H3,(H,25,26). The van der Waals surface area contributed by atoms with E-state index in [0.29, 0.717) is 6.61 Å². The van der Waals surface area contributed by atoms with Crippen molar-refractivity contribution in [3.05, 3.63) is 84.4 Å². The quantitative estimate of drug-likeness (QED) is 0.569. The Balaban J connectivity index is 1.55. The molecule has 3 nitrogen and oxygen atoms in total. The van der Waals surface area contributed by atoms with E-state index in [2.05, 4.69) is 29.6 Å². The number of amides is 1. The van der Waals surface area contributed by atoms with Gasteiger partial charge in [-0.1, -0.05) is 68.4 Å². The van der Waals surface area contributed by atoms with Crippen molar-refractivity contribution in [1.29, 1.82) is 0 Å². The fraction of sp³-hybridized carbons (Fsp3) is 0.208. The minimum absolute atomic E-state index is 0.0202. The first-order valence-corrected chi connectivity index (χ1v) is 9.34. The first-order chi connectivity index (χ1) is 13.2. The SMILES string of the molecule is CCC(C)C(=O)Nc1ccc(COc2ccc(-c3ccccc3)cc2)cc1. The van der Waals surface area contributed by atoms with Crippen LogP contribution in [0.2, 0.25) is 0 Å². The van der Waals surface area contributed by atoms with Gasteiger partial charge in [0.1, 0.15) is 12.4 Å². The van der Waals surface area contributed by atoms with Crippen molar-refractivity contribution in [3.63, 3.8) is 0 Å². The Labute approximate surface area is 161 Å². The maximum atomic E-state index is 11.9. The molecule has 138 valence electrons. The third kappa shape index (κ3) is 5.20.